The second kappa shape index (κ2) is 9.12. The number of aromatic nitrogens is 1. The third-order valence-corrected chi connectivity index (χ3v) is 4.54. The van der Waals surface area contributed by atoms with E-state index in [-0.39, 0.29) is 31.1 Å². The summed E-state index contributed by atoms with van der Waals surface area (Å²) < 4.78 is 49.2. The van der Waals surface area contributed by atoms with Gasteiger partial charge >= 0.3 is 6.18 Å². The summed E-state index contributed by atoms with van der Waals surface area (Å²) >= 11 is 0. The lowest BCUT2D eigenvalue weighted by molar-refractivity contribution is -0.137. The molecule has 2 heterocycles. The van der Waals surface area contributed by atoms with E-state index >= 15 is 0 Å². The fourth-order valence-corrected chi connectivity index (χ4v) is 3.04. The number of amides is 2. The molecular weight excluding hydrogens is 403 g/mol. The van der Waals surface area contributed by atoms with Crippen LogP contribution in [0.15, 0.2) is 42.6 Å². The molecule has 1 aliphatic rings. The van der Waals surface area contributed by atoms with Crippen LogP contribution < -0.4 is 15.0 Å². The second-order valence-corrected chi connectivity index (χ2v) is 6.64. The van der Waals surface area contributed by atoms with Gasteiger partial charge in [-0.05, 0) is 30.3 Å². The highest BCUT2D eigenvalue weighted by molar-refractivity contribution is 6.03. The number of ether oxygens (including phenoxy) is 2. The minimum atomic E-state index is -4.52. The third-order valence-electron chi connectivity index (χ3n) is 4.54. The highest BCUT2D eigenvalue weighted by atomic mass is 19.4. The molecule has 7 nitrogen and oxygen atoms in total. The van der Waals surface area contributed by atoms with Crippen molar-refractivity contribution in [1.29, 1.82) is 0 Å². The van der Waals surface area contributed by atoms with E-state index in [1.54, 1.807) is 12.1 Å². The zero-order valence-corrected chi connectivity index (χ0v) is 16.1. The first-order chi connectivity index (χ1) is 14.3. The first-order valence-corrected chi connectivity index (χ1v) is 9.15. The van der Waals surface area contributed by atoms with Gasteiger partial charge in [-0.25, -0.2) is 4.98 Å². The Hall–Kier alpha value is -3.14. The van der Waals surface area contributed by atoms with Crippen LogP contribution in [-0.4, -0.2) is 43.7 Å². The van der Waals surface area contributed by atoms with Crippen LogP contribution in [0, 0.1) is 5.92 Å². The van der Waals surface area contributed by atoms with Gasteiger partial charge in [0.2, 0.25) is 17.7 Å². The molecule has 0 aliphatic carbocycles. The molecule has 0 bridgehead atoms. The molecule has 2 aromatic rings. The fourth-order valence-electron chi connectivity index (χ4n) is 3.04. The van der Waals surface area contributed by atoms with Gasteiger partial charge in [-0.1, -0.05) is 6.07 Å². The maximum atomic E-state index is 13.0. The van der Waals surface area contributed by atoms with Crippen molar-refractivity contribution >= 4 is 23.2 Å². The molecule has 1 aromatic heterocycles. The summed E-state index contributed by atoms with van der Waals surface area (Å²) in [6.07, 6.45) is -3.12. The summed E-state index contributed by atoms with van der Waals surface area (Å²) in [6.45, 7) is 0.556. The van der Waals surface area contributed by atoms with Crippen LogP contribution in [0.3, 0.4) is 0 Å². The average molecular weight is 423 g/mol. The average Bonchev–Trinajstić information content (AvgIpc) is 3.11. The molecule has 0 radical (unpaired) electrons. The Morgan fingerprint density at radius 2 is 2.07 bits per heavy atom. The number of methoxy groups -OCH3 is 1. The SMILES string of the molecule is COCCOc1ncccc1NC(=O)C1CC(=O)N(c2cccc(C(F)(F)F)c2)C1. The predicted molar refractivity (Wildman–Crippen MR) is 102 cm³/mol. The Kier molecular flexibility index (Phi) is 6.56. The van der Waals surface area contributed by atoms with Gasteiger partial charge in [0.15, 0.2) is 0 Å². The van der Waals surface area contributed by atoms with Crippen LogP contribution in [-0.2, 0) is 20.5 Å². The molecule has 1 aromatic carbocycles. The van der Waals surface area contributed by atoms with Gasteiger partial charge in [-0.15, -0.1) is 0 Å². The van der Waals surface area contributed by atoms with Crippen molar-refractivity contribution in [1.82, 2.24) is 4.98 Å². The molecule has 1 atom stereocenters. The molecule has 1 fully saturated rings. The van der Waals surface area contributed by atoms with Crippen molar-refractivity contribution in [3.63, 3.8) is 0 Å². The minimum absolute atomic E-state index is 0.0217. The third kappa shape index (κ3) is 5.07. The number of alkyl halides is 3. The van der Waals surface area contributed by atoms with Crippen LogP contribution >= 0.6 is 0 Å². The number of nitrogens with one attached hydrogen (secondary N) is 1. The van der Waals surface area contributed by atoms with E-state index in [0.29, 0.717) is 12.3 Å². The molecule has 1 saturated heterocycles. The lowest BCUT2D eigenvalue weighted by Crippen LogP contribution is -2.28. The lowest BCUT2D eigenvalue weighted by atomic mass is 10.1. The van der Waals surface area contributed by atoms with Gasteiger partial charge in [0.1, 0.15) is 12.3 Å². The molecule has 0 saturated carbocycles. The number of hydrogen-bond acceptors (Lipinski definition) is 5. The Morgan fingerprint density at radius 1 is 1.27 bits per heavy atom. The molecule has 0 spiro atoms. The number of carbonyl (C=O) groups is 2. The molecule has 10 heteroatoms. The van der Waals surface area contributed by atoms with E-state index in [4.69, 9.17) is 9.47 Å². The van der Waals surface area contributed by atoms with E-state index in [1.807, 2.05) is 0 Å². The number of rotatable bonds is 7. The molecule has 160 valence electrons. The smallest absolute Gasteiger partial charge is 0.416 e. The number of nitrogens with zero attached hydrogens (tertiary/aromatic N) is 2. The second-order valence-electron chi connectivity index (χ2n) is 6.64. The van der Waals surface area contributed by atoms with E-state index in [2.05, 4.69) is 10.3 Å². The van der Waals surface area contributed by atoms with E-state index < -0.39 is 29.5 Å². The zero-order chi connectivity index (χ0) is 21.7. The largest absolute Gasteiger partial charge is 0.474 e. The van der Waals surface area contributed by atoms with Gasteiger partial charge in [-0.3, -0.25) is 9.59 Å². The summed E-state index contributed by atoms with van der Waals surface area (Å²) in [5, 5.41) is 2.68. The first-order valence-electron chi connectivity index (χ1n) is 9.15. The molecule has 1 N–H and O–H groups in total. The topological polar surface area (TPSA) is 80.8 Å². The molecule has 30 heavy (non-hydrogen) atoms. The van der Waals surface area contributed by atoms with Crippen LogP contribution in [0.5, 0.6) is 5.88 Å². The summed E-state index contributed by atoms with van der Waals surface area (Å²) in [7, 11) is 1.53. The summed E-state index contributed by atoms with van der Waals surface area (Å²) in [6, 6.07) is 7.71. The Morgan fingerprint density at radius 3 is 2.80 bits per heavy atom. The zero-order valence-electron chi connectivity index (χ0n) is 16.1. The molecule has 1 unspecified atom stereocenters. The van der Waals surface area contributed by atoms with Gasteiger partial charge in [0.05, 0.1) is 18.1 Å². The van der Waals surface area contributed by atoms with Crippen LogP contribution in [0.2, 0.25) is 0 Å². The quantitative estimate of drug-likeness (QED) is 0.693. The predicted octanol–water partition coefficient (Wildman–Crippen LogP) is 3.12. The number of halogens is 3. The van der Waals surface area contributed by atoms with Crippen LogP contribution in [0.4, 0.5) is 24.5 Å². The number of hydrogen-bond donors (Lipinski definition) is 1. The molecule has 2 amide bonds. The van der Waals surface area contributed by atoms with Crippen molar-refractivity contribution in [3.05, 3.63) is 48.2 Å². The monoisotopic (exact) mass is 423 g/mol. The summed E-state index contributed by atoms with van der Waals surface area (Å²) in [5.41, 5.74) is -0.410. The van der Waals surface area contributed by atoms with Gasteiger partial charge < -0.3 is 19.7 Å². The van der Waals surface area contributed by atoms with Gasteiger partial charge in [0.25, 0.3) is 0 Å². The molecular formula is C20H20F3N3O4. The minimum Gasteiger partial charge on any atom is -0.474 e. The Bertz CT molecular complexity index is 920. The molecule has 1 aliphatic heterocycles. The summed E-state index contributed by atoms with van der Waals surface area (Å²) in [4.78, 5) is 30.3. The van der Waals surface area contributed by atoms with E-state index in [9.17, 15) is 22.8 Å². The highest BCUT2D eigenvalue weighted by Crippen LogP contribution is 2.34. The lowest BCUT2D eigenvalue weighted by Gasteiger charge is -2.18. The van der Waals surface area contributed by atoms with Crippen LogP contribution in [0.1, 0.15) is 12.0 Å². The van der Waals surface area contributed by atoms with Crippen molar-refractivity contribution in [2.45, 2.75) is 12.6 Å². The van der Waals surface area contributed by atoms with Crippen molar-refractivity contribution < 1.29 is 32.2 Å². The van der Waals surface area contributed by atoms with Crippen molar-refractivity contribution in [2.75, 3.05) is 37.1 Å². The van der Waals surface area contributed by atoms with E-state index in [1.165, 1.54) is 30.3 Å². The highest BCUT2D eigenvalue weighted by Gasteiger charge is 2.37. The Balaban J connectivity index is 1.69. The number of pyridine rings is 1. The fraction of sp³-hybridized carbons (Fsp3) is 0.350. The van der Waals surface area contributed by atoms with Gasteiger partial charge in [0, 0.05) is 32.0 Å². The maximum Gasteiger partial charge on any atom is 0.416 e. The van der Waals surface area contributed by atoms with Crippen LogP contribution in [0.25, 0.3) is 0 Å². The molecule has 3 rings (SSSR count). The normalized spacial score (nSPS) is 16.6. The maximum absolute atomic E-state index is 13.0. The number of carbonyl (C=O) groups excluding carboxylic acids is 2. The Labute approximate surface area is 170 Å². The standard InChI is InChI=1S/C20H20F3N3O4/c1-29-8-9-30-19-16(6-3-7-24-19)25-18(28)13-10-17(27)26(12-13)15-5-2-4-14(11-15)20(21,22)23/h2-7,11,13H,8-10,12H2,1H3,(H,25,28). The first kappa shape index (κ1) is 21.6. The van der Waals surface area contributed by atoms with Crippen molar-refractivity contribution in [3.8, 4) is 5.88 Å². The number of anilines is 2. The van der Waals surface area contributed by atoms with E-state index in [0.717, 1.165) is 12.1 Å². The number of benzene rings is 1. The van der Waals surface area contributed by atoms with Crippen molar-refractivity contribution in [2.24, 2.45) is 5.92 Å². The summed E-state index contributed by atoms with van der Waals surface area (Å²) in [5.74, 6) is -1.37. The van der Waals surface area contributed by atoms with Gasteiger partial charge in [-0.2, -0.15) is 13.2 Å².